The van der Waals surface area contributed by atoms with Crippen molar-refractivity contribution in [2.45, 2.75) is 38.1 Å². The average Bonchev–Trinajstić information content (AvgIpc) is 2.47. The maximum absolute atomic E-state index is 12.5. The number of halogens is 3. The predicted octanol–water partition coefficient (Wildman–Crippen LogP) is 3.02. The van der Waals surface area contributed by atoms with E-state index in [1.54, 1.807) is 0 Å². The van der Waals surface area contributed by atoms with Crippen LogP contribution in [0, 0.1) is 17.8 Å². The number of hydrogen-bond acceptors (Lipinski definition) is 3. The predicted molar refractivity (Wildman–Crippen MR) is 79.0 cm³/mol. The van der Waals surface area contributed by atoms with Crippen molar-refractivity contribution in [3.05, 3.63) is 29.8 Å². The Balaban J connectivity index is 1.80. The molecule has 5 nitrogen and oxygen atoms in total. The van der Waals surface area contributed by atoms with E-state index in [4.69, 9.17) is 10.5 Å². The molecule has 24 heavy (non-hydrogen) atoms. The first kappa shape index (κ1) is 17.9. The van der Waals surface area contributed by atoms with Gasteiger partial charge in [0.05, 0.1) is 5.56 Å². The zero-order chi connectivity index (χ0) is 17.9. The van der Waals surface area contributed by atoms with Crippen LogP contribution in [0.5, 0.6) is 5.75 Å². The molecule has 0 spiro atoms. The molecule has 0 saturated heterocycles. The molecule has 0 heterocycles. The highest BCUT2D eigenvalue weighted by atomic mass is 19.4. The number of alkyl halides is 3. The molecule has 3 N–H and O–H groups in total. The lowest BCUT2D eigenvalue weighted by atomic mass is 9.82. The summed E-state index contributed by atoms with van der Waals surface area (Å²) in [6.45, 7) is 1.53. The summed E-state index contributed by atoms with van der Waals surface area (Å²) in [6, 6.07) is 2.85. The number of hydroxylamine groups is 2. The summed E-state index contributed by atoms with van der Waals surface area (Å²) in [5.74, 6) is 6.06. The minimum Gasteiger partial charge on any atom is -0.490 e. The number of carbonyl (C=O) groups is 1. The topological polar surface area (TPSA) is 75.8 Å². The van der Waals surface area contributed by atoms with Gasteiger partial charge >= 0.3 is 12.2 Å². The van der Waals surface area contributed by atoms with E-state index < -0.39 is 23.8 Å². The number of rotatable bonds is 3. The Kier molecular flexibility index (Phi) is 5.24. The van der Waals surface area contributed by atoms with E-state index in [0.29, 0.717) is 23.7 Å². The summed E-state index contributed by atoms with van der Waals surface area (Å²) in [7, 11) is 0. The highest BCUT2D eigenvalue weighted by Gasteiger charge is 2.32. The number of urea groups is 1. The summed E-state index contributed by atoms with van der Waals surface area (Å²) >= 11 is 0. The largest absolute Gasteiger partial charge is 0.490 e. The van der Waals surface area contributed by atoms with Gasteiger partial charge in [0.15, 0.2) is 0 Å². The Labute approximate surface area is 137 Å². The molecule has 1 aliphatic rings. The van der Waals surface area contributed by atoms with Crippen molar-refractivity contribution in [3.8, 4) is 17.6 Å². The lowest BCUT2D eigenvalue weighted by Crippen LogP contribution is -2.39. The number of carbonyl (C=O) groups excluding carboxylic acids is 1. The third kappa shape index (κ3) is 4.55. The smallest absolute Gasteiger partial charge is 0.416 e. The molecule has 2 rings (SSSR count). The van der Waals surface area contributed by atoms with Crippen LogP contribution in [0.4, 0.5) is 18.0 Å². The van der Waals surface area contributed by atoms with Gasteiger partial charge < -0.3 is 10.5 Å². The molecule has 1 fully saturated rings. The van der Waals surface area contributed by atoms with Crippen molar-refractivity contribution in [3.63, 3.8) is 0 Å². The molecule has 0 aromatic heterocycles. The fourth-order valence-electron chi connectivity index (χ4n) is 2.19. The molecule has 0 aliphatic heterocycles. The Morgan fingerprint density at radius 2 is 1.96 bits per heavy atom. The van der Waals surface area contributed by atoms with E-state index >= 15 is 0 Å². The van der Waals surface area contributed by atoms with Crippen LogP contribution in [0.25, 0.3) is 0 Å². The quantitative estimate of drug-likeness (QED) is 0.504. The maximum Gasteiger partial charge on any atom is 0.416 e. The molecule has 130 valence electrons. The second kappa shape index (κ2) is 7.01. The minimum atomic E-state index is -4.36. The lowest BCUT2D eigenvalue weighted by Gasteiger charge is -2.32. The van der Waals surface area contributed by atoms with Gasteiger partial charge in [-0.05, 0) is 44.0 Å². The van der Waals surface area contributed by atoms with Crippen LogP contribution >= 0.6 is 0 Å². The van der Waals surface area contributed by atoms with Crippen molar-refractivity contribution < 1.29 is 27.9 Å². The molecule has 0 radical (unpaired) electrons. The average molecular weight is 342 g/mol. The number of ether oxygens (including phenoxy) is 1. The van der Waals surface area contributed by atoms with Crippen LogP contribution in [0.15, 0.2) is 24.3 Å². The van der Waals surface area contributed by atoms with Gasteiger partial charge in [0.2, 0.25) is 0 Å². The number of benzene rings is 1. The molecule has 1 saturated carbocycles. The van der Waals surface area contributed by atoms with Crippen LogP contribution in [0.3, 0.4) is 0 Å². The summed E-state index contributed by atoms with van der Waals surface area (Å²) in [5.41, 5.74) is 4.20. The normalized spacial score (nSPS) is 21.0. The second-order valence-electron chi connectivity index (χ2n) is 5.58. The zero-order valence-corrected chi connectivity index (χ0v) is 12.9. The Bertz CT molecular complexity index is 643. The first-order valence-electron chi connectivity index (χ1n) is 7.29. The standard InChI is InChI=1S/C16H17F3N2O3/c1-10(21(23)15(20)22)2-3-11-8-14(9-11)24-13-6-4-12(5-7-13)16(17,18)19/h4-7,10-11,14,23H,8-9H2,1H3,(H2,20,22). The summed E-state index contributed by atoms with van der Waals surface area (Å²) < 4.78 is 43.0. The van der Waals surface area contributed by atoms with E-state index in [1.165, 1.54) is 19.1 Å². The second-order valence-corrected chi connectivity index (χ2v) is 5.58. The van der Waals surface area contributed by atoms with Gasteiger partial charge in [-0.15, -0.1) is 0 Å². The zero-order valence-electron chi connectivity index (χ0n) is 12.9. The van der Waals surface area contributed by atoms with E-state index in [1.807, 2.05) is 0 Å². The van der Waals surface area contributed by atoms with Gasteiger partial charge in [-0.2, -0.15) is 18.2 Å². The maximum atomic E-state index is 12.5. The van der Waals surface area contributed by atoms with Gasteiger partial charge in [0, 0.05) is 5.92 Å². The lowest BCUT2D eigenvalue weighted by molar-refractivity contribution is -0.137. The van der Waals surface area contributed by atoms with Gasteiger partial charge in [-0.3, -0.25) is 5.21 Å². The van der Waals surface area contributed by atoms with Crippen LogP contribution in [0.2, 0.25) is 0 Å². The molecular formula is C16H17F3N2O3. The Hall–Kier alpha value is -2.40. The van der Waals surface area contributed by atoms with Crippen molar-refractivity contribution in [2.24, 2.45) is 11.7 Å². The molecule has 1 aliphatic carbocycles. The highest BCUT2D eigenvalue weighted by Crippen LogP contribution is 2.33. The molecular weight excluding hydrogens is 325 g/mol. The number of hydrogen-bond donors (Lipinski definition) is 2. The molecule has 1 atom stereocenters. The van der Waals surface area contributed by atoms with Gasteiger partial charge in [-0.1, -0.05) is 11.8 Å². The van der Waals surface area contributed by atoms with Gasteiger partial charge in [0.1, 0.15) is 17.9 Å². The Morgan fingerprint density at radius 3 is 2.46 bits per heavy atom. The van der Waals surface area contributed by atoms with Crippen LogP contribution < -0.4 is 10.5 Å². The van der Waals surface area contributed by atoms with E-state index in [9.17, 15) is 23.2 Å². The minimum absolute atomic E-state index is 0.0492. The van der Waals surface area contributed by atoms with E-state index in [0.717, 1.165) is 12.1 Å². The van der Waals surface area contributed by atoms with Crippen molar-refractivity contribution >= 4 is 6.03 Å². The highest BCUT2D eigenvalue weighted by molar-refractivity contribution is 5.71. The van der Waals surface area contributed by atoms with Crippen molar-refractivity contribution in [1.29, 1.82) is 0 Å². The van der Waals surface area contributed by atoms with Crippen molar-refractivity contribution in [2.75, 3.05) is 0 Å². The number of nitrogens with two attached hydrogens (primary N) is 1. The molecule has 8 heteroatoms. The van der Waals surface area contributed by atoms with Crippen LogP contribution in [-0.2, 0) is 6.18 Å². The molecule has 1 aromatic rings. The van der Waals surface area contributed by atoms with Gasteiger partial charge in [0.25, 0.3) is 0 Å². The fourth-order valence-corrected chi connectivity index (χ4v) is 2.19. The monoisotopic (exact) mass is 342 g/mol. The summed E-state index contributed by atoms with van der Waals surface area (Å²) in [5, 5.41) is 9.63. The molecule has 2 amide bonds. The number of nitrogens with zero attached hydrogens (tertiary/aromatic N) is 1. The Morgan fingerprint density at radius 1 is 1.38 bits per heavy atom. The summed E-state index contributed by atoms with van der Waals surface area (Å²) in [4.78, 5) is 10.8. The van der Waals surface area contributed by atoms with Crippen LogP contribution in [-0.4, -0.2) is 28.4 Å². The van der Waals surface area contributed by atoms with Crippen LogP contribution in [0.1, 0.15) is 25.3 Å². The fraction of sp³-hybridized carbons (Fsp3) is 0.438. The third-order valence-electron chi connectivity index (χ3n) is 3.67. The summed E-state index contributed by atoms with van der Waals surface area (Å²) in [6.07, 6.45) is -3.22. The molecule has 0 bridgehead atoms. The third-order valence-corrected chi connectivity index (χ3v) is 3.67. The molecule has 1 aromatic carbocycles. The van der Waals surface area contributed by atoms with E-state index in [-0.39, 0.29) is 12.0 Å². The number of primary amides is 1. The first-order chi connectivity index (χ1) is 11.2. The molecule has 1 unspecified atom stereocenters. The van der Waals surface area contributed by atoms with Crippen molar-refractivity contribution in [1.82, 2.24) is 5.06 Å². The number of amides is 2. The SMILES string of the molecule is CC(C#CC1CC(Oc2ccc(C(F)(F)F)cc2)C1)N(O)C(N)=O. The van der Waals surface area contributed by atoms with E-state index in [2.05, 4.69) is 11.8 Å². The first-order valence-corrected chi connectivity index (χ1v) is 7.29. The van der Waals surface area contributed by atoms with Gasteiger partial charge in [-0.25, -0.2) is 4.79 Å².